The molecule has 3 aromatic rings. The van der Waals surface area contributed by atoms with Gasteiger partial charge in [-0.05, 0) is 36.4 Å². The molecule has 30 heavy (non-hydrogen) atoms. The number of sulfonamides is 1. The summed E-state index contributed by atoms with van der Waals surface area (Å²) in [5, 5.41) is 0. The van der Waals surface area contributed by atoms with E-state index in [4.69, 9.17) is 9.15 Å². The first-order valence-electron chi connectivity index (χ1n) is 8.80. The Hall–Kier alpha value is -3.59. The Balaban J connectivity index is 1.77. The molecule has 0 saturated carbocycles. The van der Waals surface area contributed by atoms with Crippen LogP contribution < -0.4 is 4.31 Å². The maximum absolute atomic E-state index is 12.9. The molecule has 0 radical (unpaired) electrons. The van der Waals surface area contributed by atoms with E-state index < -0.39 is 22.0 Å². The van der Waals surface area contributed by atoms with Crippen LogP contribution in [0.4, 0.5) is 5.69 Å². The van der Waals surface area contributed by atoms with E-state index in [1.165, 1.54) is 50.8 Å². The van der Waals surface area contributed by atoms with Gasteiger partial charge in [-0.25, -0.2) is 18.0 Å². The quantitative estimate of drug-likeness (QED) is 0.531. The predicted molar refractivity (Wildman–Crippen MR) is 108 cm³/mol. The first-order valence-corrected chi connectivity index (χ1v) is 10.2. The topological polar surface area (TPSA) is 103 Å². The fourth-order valence-electron chi connectivity index (χ4n) is 2.68. The van der Waals surface area contributed by atoms with Gasteiger partial charge in [0.15, 0.2) is 12.4 Å². The fourth-order valence-corrected chi connectivity index (χ4v) is 3.92. The first-order chi connectivity index (χ1) is 14.3. The second-order valence-corrected chi connectivity index (χ2v) is 8.13. The maximum Gasteiger partial charge on any atom is 0.341 e. The van der Waals surface area contributed by atoms with Crippen molar-refractivity contribution in [3.63, 3.8) is 0 Å². The SMILES string of the molecule is COC(=O)c1ccoc1COC(=O)c1cccc(S(=O)(=O)N(C)c2ccccc2)c1. The molecule has 2 aromatic carbocycles. The average Bonchev–Trinajstić information content (AvgIpc) is 3.25. The number of esters is 2. The van der Waals surface area contributed by atoms with Crippen molar-refractivity contribution in [1.82, 2.24) is 0 Å². The van der Waals surface area contributed by atoms with Gasteiger partial charge in [-0.15, -0.1) is 0 Å². The molecule has 0 spiro atoms. The highest BCUT2D eigenvalue weighted by Gasteiger charge is 2.23. The fraction of sp³-hybridized carbons (Fsp3) is 0.143. The zero-order valence-corrected chi connectivity index (χ0v) is 17.1. The minimum Gasteiger partial charge on any atom is -0.465 e. The summed E-state index contributed by atoms with van der Waals surface area (Å²) in [6.07, 6.45) is 1.28. The zero-order chi connectivity index (χ0) is 21.7. The van der Waals surface area contributed by atoms with E-state index in [1.807, 2.05) is 0 Å². The van der Waals surface area contributed by atoms with Gasteiger partial charge >= 0.3 is 11.9 Å². The Bertz CT molecular complexity index is 1150. The number of methoxy groups -OCH3 is 1. The van der Waals surface area contributed by atoms with Gasteiger partial charge in [0.2, 0.25) is 0 Å². The third-order valence-electron chi connectivity index (χ3n) is 4.33. The number of hydrogen-bond donors (Lipinski definition) is 0. The highest BCUT2D eigenvalue weighted by Crippen LogP contribution is 2.23. The van der Waals surface area contributed by atoms with Crippen LogP contribution in [0, 0.1) is 0 Å². The van der Waals surface area contributed by atoms with Crippen molar-refractivity contribution < 1.29 is 31.9 Å². The molecule has 0 aliphatic heterocycles. The number of carbonyl (C=O) groups is 2. The van der Waals surface area contributed by atoms with Crippen LogP contribution in [0.3, 0.4) is 0 Å². The van der Waals surface area contributed by atoms with Crippen LogP contribution in [0.1, 0.15) is 26.5 Å². The molecular formula is C21H19NO7S. The average molecular weight is 429 g/mol. The normalized spacial score (nSPS) is 11.0. The molecule has 3 rings (SSSR count). The minimum absolute atomic E-state index is 0.0451. The Morgan fingerprint density at radius 1 is 1.00 bits per heavy atom. The van der Waals surface area contributed by atoms with Crippen molar-refractivity contribution in [1.29, 1.82) is 0 Å². The lowest BCUT2D eigenvalue weighted by atomic mass is 10.2. The Morgan fingerprint density at radius 3 is 2.43 bits per heavy atom. The van der Waals surface area contributed by atoms with Gasteiger partial charge in [0, 0.05) is 7.05 Å². The maximum atomic E-state index is 12.9. The van der Waals surface area contributed by atoms with E-state index in [2.05, 4.69) is 4.74 Å². The Morgan fingerprint density at radius 2 is 1.73 bits per heavy atom. The summed E-state index contributed by atoms with van der Waals surface area (Å²) in [7, 11) is -1.22. The van der Waals surface area contributed by atoms with Crippen LogP contribution in [-0.4, -0.2) is 34.5 Å². The van der Waals surface area contributed by atoms with Crippen LogP contribution in [0.15, 0.2) is 76.2 Å². The lowest BCUT2D eigenvalue weighted by Gasteiger charge is -2.19. The number of benzene rings is 2. The lowest BCUT2D eigenvalue weighted by Crippen LogP contribution is -2.26. The van der Waals surface area contributed by atoms with Gasteiger partial charge in [-0.3, -0.25) is 4.31 Å². The van der Waals surface area contributed by atoms with Gasteiger partial charge in [-0.2, -0.15) is 0 Å². The number of furan rings is 1. The third kappa shape index (κ3) is 4.36. The second kappa shape index (κ2) is 8.83. The summed E-state index contributed by atoms with van der Waals surface area (Å²) in [6, 6.07) is 15.5. The number of anilines is 1. The van der Waals surface area contributed by atoms with Crippen molar-refractivity contribution in [2.45, 2.75) is 11.5 Å². The molecule has 1 aromatic heterocycles. The standard InChI is InChI=1S/C21H19NO7S/c1-22(16-8-4-3-5-9-16)30(25,26)17-10-6-7-15(13-17)20(23)29-14-19-18(11-12-28-19)21(24)27-2/h3-13H,14H2,1-2H3. The van der Waals surface area contributed by atoms with Gasteiger partial charge in [-0.1, -0.05) is 24.3 Å². The number of nitrogens with zero attached hydrogens (tertiary/aromatic N) is 1. The summed E-state index contributed by atoms with van der Waals surface area (Å²) < 4.78 is 41.9. The van der Waals surface area contributed by atoms with Gasteiger partial charge in [0.25, 0.3) is 10.0 Å². The van der Waals surface area contributed by atoms with E-state index in [-0.39, 0.29) is 28.4 Å². The largest absolute Gasteiger partial charge is 0.465 e. The van der Waals surface area contributed by atoms with Crippen LogP contribution in [0.5, 0.6) is 0 Å². The smallest absolute Gasteiger partial charge is 0.341 e. The molecule has 8 nitrogen and oxygen atoms in total. The summed E-state index contributed by atoms with van der Waals surface area (Å²) in [5.41, 5.74) is 0.675. The van der Waals surface area contributed by atoms with E-state index in [0.29, 0.717) is 5.69 Å². The summed E-state index contributed by atoms with van der Waals surface area (Å²) in [4.78, 5) is 24.0. The molecule has 0 amide bonds. The third-order valence-corrected chi connectivity index (χ3v) is 6.11. The lowest BCUT2D eigenvalue weighted by molar-refractivity contribution is 0.0432. The molecule has 0 aliphatic rings. The summed E-state index contributed by atoms with van der Waals surface area (Å²) in [6.45, 7) is -0.308. The molecule has 0 fully saturated rings. The van der Waals surface area contributed by atoms with Crippen LogP contribution in [0.2, 0.25) is 0 Å². The summed E-state index contributed by atoms with van der Waals surface area (Å²) >= 11 is 0. The van der Waals surface area contributed by atoms with Gasteiger partial charge in [0.1, 0.15) is 5.56 Å². The number of ether oxygens (including phenoxy) is 2. The van der Waals surface area contributed by atoms with Crippen LogP contribution >= 0.6 is 0 Å². The molecular weight excluding hydrogens is 410 g/mol. The first kappa shape index (κ1) is 21.1. The molecule has 0 aliphatic carbocycles. The molecule has 0 atom stereocenters. The van der Waals surface area contributed by atoms with E-state index in [0.717, 1.165) is 4.31 Å². The zero-order valence-electron chi connectivity index (χ0n) is 16.3. The molecule has 1 heterocycles. The highest BCUT2D eigenvalue weighted by atomic mass is 32.2. The van der Waals surface area contributed by atoms with Crippen molar-refractivity contribution in [2.75, 3.05) is 18.5 Å². The van der Waals surface area contributed by atoms with E-state index in [1.54, 1.807) is 30.3 Å². The molecule has 0 N–H and O–H groups in total. The van der Waals surface area contributed by atoms with Crippen LogP contribution in [0.25, 0.3) is 0 Å². The Kier molecular flexibility index (Phi) is 6.22. The van der Waals surface area contributed by atoms with E-state index >= 15 is 0 Å². The van der Waals surface area contributed by atoms with Crippen molar-refractivity contribution in [3.8, 4) is 0 Å². The molecule has 156 valence electrons. The van der Waals surface area contributed by atoms with Crippen molar-refractivity contribution >= 4 is 27.6 Å². The minimum atomic E-state index is -3.88. The molecule has 0 saturated heterocycles. The van der Waals surface area contributed by atoms with Crippen molar-refractivity contribution in [2.24, 2.45) is 0 Å². The van der Waals surface area contributed by atoms with E-state index in [9.17, 15) is 18.0 Å². The predicted octanol–water partition coefficient (Wildman–Crippen LogP) is 3.25. The highest BCUT2D eigenvalue weighted by molar-refractivity contribution is 7.92. The van der Waals surface area contributed by atoms with Crippen molar-refractivity contribution in [3.05, 3.63) is 83.8 Å². The van der Waals surface area contributed by atoms with Crippen LogP contribution in [-0.2, 0) is 26.1 Å². The number of para-hydroxylation sites is 1. The summed E-state index contributed by atoms with van der Waals surface area (Å²) in [5.74, 6) is -1.25. The molecule has 0 unspecified atom stereocenters. The number of hydrogen-bond acceptors (Lipinski definition) is 7. The number of rotatable bonds is 7. The molecule has 9 heteroatoms. The van der Waals surface area contributed by atoms with Gasteiger partial charge in [0.05, 0.1) is 29.5 Å². The monoisotopic (exact) mass is 429 g/mol. The molecule has 0 bridgehead atoms. The second-order valence-electron chi connectivity index (χ2n) is 6.16. The van der Waals surface area contributed by atoms with Gasteiger partial charge < -0.3 is 13.9 Å². The number of carbonyl (C=O) groups excluding carboxylic acids is 2. The Labute approximate surface area is 173 Å².